The molecular formula is C19H13FN4O3. The van der Waals surface area contributed by atoms with Crippen LogP contribution in [0.5, 0.6) is 0 Å². The normalized spacial score (nSPS) is 10.9. The number of carbonyl (C=O) groups is 1. The van der Waals surface area contributed by atoms with E-state index < -0.39 is 22.8 Å². The van der Waals surface area contributed by atoms with Crippen LogP contribution in [0.2, 0.25) is 0 Å². The quantitative estimate of drug-likeness (QED) is 0.520. The van der Waals surface area contributed by atoms with Gasteiger partial charge in [-0.05, 0) is 17.7 Å². The SMILES string of the molecule is O=C(Nc1c(=O)[nH]n2c(=O)cc(-c3ccccc3)[nH]c12)c1ccccc1F. The van der Waals surface area contributed by atoms with Gasteiger partial charge in [-0.25, -0.2) is 4.39 Å². The van der Waals surface area contributed by atoms with Gasteiger partial charge < -0.3 is 10.3 Å². The average Bonchev–Trinajstić information content (AvgIpc) is 2.99. The first-order valence-corrected chi connectivity index (χ1v) is 8.04. The summed E-state index contributed by atoms with van der Waals surface area (Å²) in [5, 5.41) is 4.74. The highest BCUT2D eigenvalue weighted by atomic mass is 19.1. The topological polar surface area (TPSA) is 99.2 Å². The Balaban J connectivity index is 1.84. The Hall–Kier alpha value is -3.94. The summed E-state index contributed by atoms with van der Waals surface area (Å²) >= 11 is 0. The Kier molecular flexibility index (Phi) is 3.92. The summed E-state index contributed by atoms with van der Waals surface area (Å²) in [6, 6.07) is 15.8. The van der Waals surface area contributed by atoms with E-state index in [2.05, 4.69) is 15.4 Å². The molecule has 7 nitrogen and oxygen atoms in total. The first-order valence-electron chi connectivity index (χ1n) is 8.04. The second-order valence-corrected chi connectivity index (χ2v) is 5.82. The molecule has 4 rings (SSSR count). The van der Waals surface area contributed by atoms with Crippen LogP contribution in [0.15, 0.2) is 70.3 Å². The number of hydrogen-bond acceptors (Lipinski definition) is 3. The van der Waals surface area contributed by atoms with Crippen LogP contribution in [-0.4, -0.2) is 20.5 Å². The van der Waals surface area contributed by atoms with Crippen molar-refractivity contribution in [2.24, 2.45) is 0 Å². The minimum Gasteiger partial charge on any atom is -0.338 e. The largest absolute Gasteiger partial charge is 0.338 e. The number of amides is 1. The molecule has 2 aromatic heterocycles. The van der Waals surface area contributed by atoms with Crippen molar-refractivity contribution in [3.8, 4) is 11.3 Å². The number of fused-ring (bicyclic) bond motifs is 1. The fourth-order valence-electron chi connectivity index (χ4n) is 2.78. The molecule has 1 amide bonds. The van der Waals surface area contributed by atoms with Crippen LogP contribution >= 0.6 is 0 Å². The van der Waals surface area contributed by atoms with Crippen LogP contribution in [-0.2, 0) is 0 Å². The van der Waals surface area contributed by atoms with Crippen molar-refractivity contribution >= 4 is 17.2 Å². The smallest absolute Gasteiger partial charge is 0.290 e. The Bertz CT molecular complexity index is 1270. The molecule has 0 aliphatic rings. The molecule has 27 heavy (non-hydrogen) atoms. The standard InChI is InChI=1S/C19H13FN4O3/c20-13-9-5-4-8-12(13)18(26)22-16-17-21-14(11-6-2-1-3-7-11)10-15(25)24(17)23-19(16)27/h1-10,21H,(H,22,26)(H,23,27). The van der Waals surface area contributed by atoms with Crippen LogP contribution in [0.3, 0.4) is 0 Å². The molecular weight excluding hydrogens is 351 g/mol. The molecule has 0 fully saturated rings. The lowest BCUT2D eigenvalue weighted by atomic mass is 10.1. The zero-order valence-electron chi connectivity index (χ0n) is 13.8. The molecule has 2 heterocycles. The van der Waals surface area contributed by atoms with Gasteiger partial charge in [0.1, 0.15) is 5.82 Å². The lowest BCUT2D eigenvalue weighted by Crippen LogP contribution is -2.18. The highest BCUT2D eigenvalue weighted by Gasteiger charge is 2.18. The molecule has 8 heteroatoms. The lowest BCUT2D eigenvalue weighted by Gasteiger charge is -2.06. The number of carbonyl (C=O) groups excluding carboxylic acids is 1. The molecule has 4 aromatic rings. The van der Waals surface area contributed by atoms with E-state index in [0.717, 1.165) is 16.1 Å². The average molecular weight is 364 g/mol. The molecule has 134 valence electrons. The van der Waals surface area contributed by atoms with Crippen molar-refractivity contribution < 1.29 is 9.18 Å². The Morgan fingerprint density at radius 2 is 1.70 bits per heavy atom. The number of rotatable bonds is 3. The summed E-state index contributed by atoms with van der Waals surface area (Å²) in [6.07, 6.45) is 0. The van der Waals surface area contributed by atoms with E-state index in [0.29, 0.717) is 5.69 Å². The molecule has 0 aliphatic heterocycles. The van der Waals surface area contributed by atoms with Crippen molar-refractivity contribution in [3.63, 3.8) is 0 Å². The first-order chi connectivity index (χ1) is 13.0. The number of nitrogens with zero attached hydrogens (tertiary/aromatic N) is 1. The van der Waals surface area contributed by atoms with Gasteiger partial charge in [-0.2, -0.15) is 4.52 Å². The van der Waals surface area contributed by atoms with Crippen LogP contribution in [0.1, 0.15) is 10.4 Å². The number of H-pyrrole nitrogens is 2. The van der Waals surface area contributed by atoms with Gasteiger partial charge in [0.05, 0.1) is 11.3 Å². The van der Waals surface area contributed by atoms with Gasteiger partial charge in [0.15, 0.2) is 11.3 Å². The predicted octanol–water partition coefficient (Wildman–Crippen LogP) is 2.37. The zero-order valence-corrected chi connectivity index (χ0v) is 13.8. The van der Waals surface area contributed by atoms with Crippen molar-refractivity contribution in [1.82, 2.24) is 14.6 Å². The zero-order chi connectivity index (χ0) is 19.0. The Labute approximate surface area is 151 Å². The number of aromatic nitrogens is 3. The van der Waals surface area contributed by atoms with Gasteiger partial charge in [-0.1, -0.05) is 42.5 Å². The van der Waals surface area contributed by atoms with Crippen LogP contribution in [0, 0.1) is 5.82 Å². The maximum Gasteiger partial charge on any atom is 0.290 e. The fourth-order valence-corrected chi connectivity index (χ4v) is 2.78. The minimum absolute atomic E-state index is 0.0797. The molecule has 0 radical (unpaired) electrons. The van der Waals surface area contributed by atoms with E-state index in [-0.39, 0.29) is 16.9 Å². The maximum absolute atomic E-state index is 13.8. The van der Waals surface area contributed by atoms with Crippen molar-refractivity contribution in [2.75, 3.05) is 5.32 Å². The fraction of sp³-hybridized carbons (Fsp3) is 0. The van der Waals surface area contributed by atoms with Gasteiger partial charge in [-0.15, -0.1) is 0 Å². The molecule has 0 bridgehead atoms. The molecule has 0 atom stereocenters. The number of benzene rings is 2. The summed E-state index contributed by atoms with van der Waals surface area (Å²) in [5.74, 6) is -1.51. The third-order valence-electron chi connectivity index (χ3n) is 4.08. The van der Waals surface area contributed by atoms with Gasteiger partial charge in [0.2, 0.25) is 0 Å². The predicted molar refractivity (Wildman–Crippen MR) is 98.4 cm³/mol. The molecule has 0 unspecified atom stereocenters. The van der Waals surface area contributed by atoms with E-state index in [1.165, 1.54) is 24.3 Å². The van der Waals surface area contributed by atoms with Crippen LogP contribution in [0.25, 0.3) is 16.9 Å². The van der Waals surface area contributed by atoms with E-state index in [1.54, 1.807) is 12.1 Å². The number of aromatic amines is 2. The number of halogens is 1. The molecule has 0 spiro atoms. The summed E-state index contributed by atoms with van der Waals surface area (Å²) in [5.41, 5.74) is -0.255. The third kappa shape index (κ3) is 2.93. The van der Waals surface area contributed by atoms with E-state index in [1.807, 2.05) is 18.2 Å². The number of anilines is 1. The minimum atomic E-state index is -0.794. The van der Waals surface area contributed by atoms with Gasteiger partial charge in [0, 0.05) is 6.07 Å². The second kappa shape index (κ2) is 6.41. The Morgan fingerprint density at radius 1 is 1.00 bits per heavy atom. The monoisotopic (exact) mass is 364 g/mol. The van der Waals surface area contributed by atoms with Crippen molar-refractivity contribution in [1.29, 1.82) is 0 Å². The number of nitrogens with one attached hydrogen (secondary N) is 3. The lowest BCUT2D eigenvalue weighted by molar-refractivity contribution is 0.102. The molecule has 0 saturated heterocycles. The van der Waals surface area contributed by atoms with Gasteiger partial charge >= 0.3 is 0 Å². The second-order valence-electron chi connectivity index (χ2n) is 5.82. The maximum atomic E-state index is 13.8. The Morgan fingerprint density at radius 3 is 2.44 bits per heavy atom. The highest BCUT2D eigenvalue weighted by molar-refractivity contribution is 6.06. The summed E-state index contributed by atoms with van der Waals surface area (Å²) in [6.45, 7) is 0. The van der Waals surface area contributed by atoms with Gasteiger partial charge in [-0.3, -0.25) is 19.5 Å². The van der Waals surface area contributed by atoms with E-state index in [4.69, 9.17) is 0 Å². The summed E-state index contributed by atoms with van der Waals surface area (Å²) in [7, 11) is 0. The first kappa shape index (κ1) is 16.5. The van der Waals surface area contributed by atoms with Crippen molar-refractivity contribution in [2.45, 2.75) is 0 Å². The van der Waals surface area contributed by atoms with E-state index in [9.17, 15) is 18.8 Å². The number of hydrogen-bond donors (Lipinski definition) is 3. The van der Waals surface area contributed by atoms with Crippen molar-refractivity contribution in [3.05, 3.63) is 92.8 Å². The van der Waals surface area contributed by atoms with Crippen LogP contribution in [0.4, 0.5) is 10.1 Å². The third-order valence-corrected chi connectivity index (χ3v) is 4.08. The summed E-state index contributed by atoms with van der Waals surface area (Å²) < 4.78 is 14.8. The van der Waals surface area contributed by atoms with Gasteiger partial charge in [0.25, 0.3) is 17.0 Å². The summed E-state index contributed by atoms with van der Waals surface area (Å²) in [4.78, 5) is 39.9. The highest BCUT2D eigenvalue weighted by Crippen LogP contribution is 2.18. The molecule has 2 aromatic carbocycles. The molecule has 0 aliphatic carbocycles. The molecule has 3 N–H and O–H groups in total. The van der Waals surface area contributed by atoms with Crippen LogP contribution < -0.4 is 16.4 Å². The van der Waals surface area contributed by atoms with E-state index >= 15 is 0 Å². The molecule has 0 saturated carbocycles.